The summed E-state index contributed by atoms with van der Waals surface area (Å²) >= 11 is 0. The highest BCUT2D eigenvalue weighted by atomic mass is 19.4. The molecule has 5 rings (SSSR count). The van der Waals surface area contributed by atoms with Crippen molar-refractivity contribution < 1.29 is 32.3 Å². The minimum atomic E-state index is -5.08. The SMILES string of the molecule is Cc1c(C(=O)N2Cc3cncn3C(CN3CCCC3)C2)oc2ccccc12.O=C(O)C(F)(F)F. The predicted molar refractivity (Wildman–Crippen MR) is 116 cm³/mol. The number of alkyl halides is 3. The third-order valence-electron chi connectivity index (χ3n) is 6.16. The van der Waals surface area contributed by atoms with Gasteiger partial charge in [0, 0.05) is 30.2 Å². The average molecular weight is 478 g/mol. The predicted octanol–water partition coefficient (Wildman–Crippen LogP) is 3.86. The molecule has 2 aliphatic heterocycles. The minimum Gasteiger partial charge on any atom is -0.475 e. The Morgan fingerprint density at radius 2 is 1.88 bits per heavy atom. The Labute approximate surface area is 193 Å². The first-order valence-corrected chi connectivity index (χ1v) is 11.0. The van der Waals surface area contributed by atoms with E-state index >= 15 is 0 Å². The third-order valence-corrected chi connectivity index (χ3v) is 6.16. The number of fused-ring (bicyclic) bond motifs is 2. The summed E-state index contributed by atoms with van der Waals surface area (Å²) in [6.07, 6.45) is 1.24. The van der Waals surface area contributed by atoms with Gasteiger partial charge in [-0.25, -0.2) is 9.78 Å². The lowest BCUT2D eigenvalue weighted by Gasteiger charge is -2.36. The van der Waals surface area contributed by atoms with E-state index in [0.29, 0.717) is 18.8 Å². The Kier molecular flexibility index (Phi) is 6.65. The normalized spacial score (nSPS) is 18.5. The molecular weight excluding hydrogens is 453 g/mol. The van der Waals surface area contributed by atoms with Gasteiger partial charge in [0.15, 0.2) is 5.76 Å². The molecule has 2 aliphatic rings. The van der Waals surface area contributed by atoms with Gasteiger partial charge in [-0.05, 0) is 38.9 Å². The molecule has 34 heavy (non-hydrogen) atoms. The average Bonchev–Trinajstić information content (AvgIpc) is 3.54. The van der Waals surface area contributed by atoms with Gasteiger partial charge in [-0.15, -0.1) is 0 Å². The van der Waals surface area contributed by atoms with Crippen LogP contribution in [0.25, 0.3) is 11.0 Å². The molecule has 8 nitrogen and oxygen atoms in total. The number of para-hydroxylation sites is 1. The summed E-state index contributed by atoms with van der Waals surface area (Å²) < 4.78 is 39.9. The number of hydrogen-bond acceptors (Lipinski definition) is 5. The van der Waals surface area contributed by atoms with E-state index in [-0.39, 0.29) is 11.9 Å². The van der Waals surface area contributed by atoms with E-state index in [0.717, 1.165) is 41.9 Å². The first-order valence-electron chi connectivity index (χ1n) is 11.0. The maximum atomic E-state index is 13.3. The number of carbonyl (C=O) groups excluding carboxylic acids is 1. The van der Waals surface area contributed by atoms with Gasteiger partial charge in [-0.3, -0.25) is 4.79 Å². The Morgan fingerprint density at radius 1 is 1.21 bits per heavy atom. The zero-order valence-corrected chi connectivity index (χ0v) is 18.6. The fraction of sp³-hybridized carbons (Fsp3) is 0.435. The Bertz CT molecular complexity index is 1180. The molecule has 0 radical (unpaired) electrons. The summed E-state index contributed by atoms with van der Waals surface area (Å²) in [6, 6.07) is 8.07. The molecule has 1 unspecified atom stereocenters. The van der Waals surface area contributed by atoms with Gasteiger partial charge < -0.3 is 23.9 Å². The summed E-state index contributed by atoms with van der Waals surface area (Å²) in [6.45, 7) is 6.50. The molecule has 1 atom stereocenters. The lowest BCUT2D eigenvalue weighted by Crippen LogP contribution is -2.44. The number of likely N-dealkylation sites (tertiary alicyclic amines) is 1. The van der Waals surface area contributed by atoms with Crippen molar-refractivity contribution in [3.8, 4) is 0 Å². The second-order valence-corrected chi connectivity index (χ2v) is 8.49. The largest absolute Gasteiger partial charge is 0.490 e. The van der Waals surface area contributed by atoms with Gasteiger partial charge in [-0.1, -0.05) is 18.2 Å². The molecule has 3 aromatic rings. The summed E-state index contributed by atoms with van der Waals surface area (Å²) in [4.78, 5) is 30.9. The highest BCUT2D eigenvalue weighted by Gasteiger charge is 2.38. The minimum absolute atomic E-state index is 0.0254. The van der Waals surface area contributed by atoms with Crippen molar-refractivity contribution in [2.24, 2.45) is 0 Å². The van der Waals surface area contributed by atoms with E-state index in [4.69, 9.17) is 14.3 Å². The molecule has 0 bridgehead atoms. The van der Waals surface area contributed by atoms with Gasteiger partial charge in [0.25, 0.3) is 5.91 Å². The fourth-order valence-electron chi connectivity index (χ4n) is 4.47. The zero-order chi connectivity index (χ0) is 24.5. The fourth-order valence-corrected chi connectivity index (χ4v) is 4.47. The summed E-state index contributed by atoms with van der Waals surface area (Å²) in [5.74, 6) is -2.32. The van der Waals surface area contributed by atoms with Crippen molar-refractivity contribution >= 4 is 22.8 Å². The lowest BCUT2D eigenvalue weighted by molar-refractivity contribution is -0.192. The molecule has 1 N–H and O–H groups in total. The van der Waals surface area contributed by atoms with Gasteiger partial charge in [-0.2, -0.15) is 13.2 Å². The number of carboxylic acids is 1. The highest BCUT2D eigenvalue weighted by Crippen LogP contribution is 2.29. The third kappa shape index (κ3) is 4.93. The zero-order valence-electron chi connectivity index (χ0n) is 18.6. The molecule has 0 saturated carbocycles. The number of halogens is 3. The van der Waals surface area contributed by atoms with Gasteiger partial charge in [0.1, 0.15) is 5.58 Å². The number of carboxylic acid groups (broad SMARTS) is 1. The molecule has 0 aliphatic carbocycles. The van der Waals surface area contributed by atoms with Crippen LogP contribution in [0.3, 0.4) is 0 Å². The topological polar surface area (TPSA) is 91.8 Å². The van der Waals surface area contributed by atoms with Crippen molar-refractivity contribution in [1.82, 2.24) is 19.4 Å². The molecule has 1 amide bonds. The summed E-state index contributed by atoms with van der Waals surface area (Å²) in [5, 5.41) is 8.14. The van der Waals surface area contributed by atoms with Crippen LogP contribution >= 0.6 is 0 Å². The van der Waals surface area contributed by atoms with Crippen LogP contribution in [0.4, 0.5) is 13.2 Å². The van der Waals surface area contributed by atoms with E-state index in [1.165, 1.54) is 12.8 Å². The summed E-state index contributed by atoms with van der Waals surface area (Å²) in [7, 11) is 0. The first-order chi connectivity index (χ1) is 16.1. The number of furan rings is 1. The van der Waals surface area contributed by atoms with Gasteiger partial charge in [0.05, 0.1) is 24.6 Å². The molecule has 4 heterocycles. The van der Waals surface area contributed by atoms with Crippen LogP contribution in [-0.4, -0.2) is 68.7 Å². The van der Waals surface area contributed by atoms with Crippen molar-refractivity contribution in [3.63, 3.8) is 0 Å². The van der Waals surface area contributed by atoms with Crippen molar-refractivity contribution in [1.29, 1.82) is 0 Å². The second-order valence-electron chi connectivity index (χ2n) is 8.49. The maximum Gasteiger partial charge on any atom is 0.490 e. The summed E-state index contributed by atoms with van der Waals surface area (Å²) in [5.41, 5.74) is 2.78. The monoisotopic (exact) mass is 478 g/mol. The standard InChI is InChI=1S/C21H24N4O2.C2HF3O2/c1-15-18-6-2-3-7-19(18)27-20(15)21(26)24-12-16-10-22-14-25(16)17(13-24)11-23-8-4-5-9-23;3-2(4,5)1(6)7/h2-3,6-7,10,14,17H,4-5,8-9,11-13H2,1H3;(H,6,7). The Balaban J connectivity index is 0.000000344. The molecule has 2 aromatic heterocycles. The van der Waals surface area contributed by atoms with Crippen molar-refractivity contribution in [2.45, 2.75) is 38.5 Å². The number of aryl methyl sites for hydroxylation is 1. The molecule has 182 valence electrons. The van der Waals surface area contributed by atoms with Gasteiger partial charge >= 0.3 is 12.1 Å². The Hall–Kier alpha value is -3.34. The van der Waals surface area contributed by atoms with E-state index < -0.39 is 12.1 Å². The number of nitrogens with zero attached hydrogens (tertiary/aromatic N) is 4. The van der Waals surface area contributed by atoms with Crippen LogP contribution in [0.1, 0.15) is 40.7 Å². The highest BCUT2D eigenvalue weighted by molar-refractivity contribution is 5.99. The molecule has 1 saturated heterocycles. The number of amides is 1. The van der Waals surface area contributed by atoms with Crippen LogP contribution in [0.5, 0.6) is 0 Å². The van der Waals surface area contributed by atoms with E-state index in [1.54, 1.807) is 0 Å². The maximum absolute atomic E-state index is 13.3. The second kappa shape index (κ2) is 9.49. The number of benzene rings is 1. The molecule has 1 aromatic carbocycles. The molecule has 1 fully saturated rings. The van der Waals surface area contributed by atoms with E-state index in [2.05, 4.69) is 14.5 Å². The van der Waals surface area contributed by atoms with E-state index in [9.17, 15) is 18.0 Å². The lowest BCUT2D eigenvalue weighted by atomic mass is 10.1. The number of rotatable bonds is 3. The van der Waals surface area contributed by atoms with Crippen LogP contribution in [-0.2, 0) is 11.3 Å². The molecule has 11 heteroatoms. The smallest absolute Gasteiger partial charge is 0.475 e. The number of aliphatic carboxylic acids is 1. The van der Waals surface area contributed by atoms with Crippen LogP contribution in [0, 0.1) is 6.92 Å². The number of carbonyl (C=O) groups is 2. The van der Waals surface area contributed by atoms with Crippen LogP contribution in [0.15, 0.2) is 41.2 Å². The van der Waals surface area contributed by atoms with Gasteiger partial charge in [0.2, 0.25) is 0 Å². The number of aromatic nitrogens is 2. The molecular formula is C23H25F3N4O4. The van der Waals surface area contributed by atoms with Crippen molar-refractivity contribution in [3.05, 3.63) is 53.8 Å². The quantitative estimate of drug-likeness (QED) is 0.615. The Morgan fingerprint density at radius 3 is 2.53 bits per heavy atom. The number of imidazole rings is 1. The van der Waals surface area contributed by atoms with E-state index in [1.807, 2.05) is 48.6 Å². The first kappa shape index (κ1) is 23.8. The van der Waals surface area contributed by atoms with Crippen LogP contribution in [0.2, 0.25) is 0 Å². The van der Waals surface area contributed by atoms with Crippen molar-refractivity contribution in [2.75, 3.05) is 26.2 Å². The molecule has 0 spiro atoms. The number of hydrogen-bond donors (Lipinski definition) is 1. The van der Waals surface area contributed by atoms with Crippen LogP contribution < -0.4 is 0 Å².